The molecular formula is C32H39N3O5S. The minimum atomic E-state index is -4.17. The van der Waals surface area contributed by atoms with Crippen LogP contribution in [0.5, 0.6) is 5.75 Å². The molecule has 0 bridgehead atoms. The Bertz CT molecular complexity index is 1470. The van der Waals surface area contributed by atoms with Crippen molar-refractivity contribution in [3.63, 3.8) is 0 Å². The van der Waals surface area contributed by atoms with Crippen molar-refractivity contribution >= 4 is 27.5 Å². The molecule has 1 aliphatic rings. The summed E-state index contributed by atoms with van der Waals surface area (Å²) < 4.78 is 34.6. The number of carbonyl (C=O) groups excluding carboxylic acids is 2. The van der Waals surface area contributed by atoms with E-state index in [-0.39, 0.29) is 29.1 Å². The number of methoxy groups -OCH3 is 1. The van der Waals surface area contributed by atoms with Gasteiger partial charge in [-0.2, -0.15) is 0 Å². The summed E-state index contributed by atoms with van der Waals surface area (Å²) in [5.74, 6) is -0.429. The first-order valence-corrected chi connectivity index (χ1v) is 15.4. The van der Waals surface area contributed by atoms with Crippen LogP contribution in [0.1, 0.15) is 49.3 Å². The minimum Gasteiger partial charge on any atom is -0.495 e. The summed E-state index contributed by atoms with van der Waals surface area (Å²) in [5, 5.41) is 3.09. The summed E-state index contributed by atoms with van der Waals surface area (Å²) in [4.78, 5) is 29.1. The molecule has 0 spiro atoms. The van der Waals surface area contributed by atoms with E-state index >= 15 is 0 Å². The maximum Gasteiger partial charge on any atom is 0.264 e. The molecule has 41 heavy (non-hydrogen) atoms. The number of benzene rings is 3. The number of rotatable bonds is 11. The van der Waals surface area contributed by atoms with Gasteiger partial charge in [-0.15, -0.1) is 0 Å². The summed E-state index contributed by atoms with van der Waals surface area (Å²) in [6, 6.07) is 20.1. The number of hydrogen-bond donors (Lipinski definition) is 1. The van der Waals surface area contributed by atoms with E-state index in [1.165, 1.54) is 24.1 Å². The largest absolute Gasteiger partial charge is 0.495 e. The third-order valence-corrected chi connectivity index (χ3v) is 9.49. The van der Waals surface area contributed by atoms with Gasteiger partial charge in [0.1, 0.15) is 18.3 Å². The zero-order valence-electron chi connectivity index (χ0n) is 24.2. The first-order chi connectivity index (χ1) is 19.6. The molecule has 1 unspecified atom stereocenters. The molecule has 218 valence electrons. The van der Waals surface area contributed by atoms with Crippen molar-refractivity contribution in [1.82, 2.24) is 10.2 Å². The van der Waals surface area contributed by atoms with Crippen LogP contribution in [-0.4, -0.2) is 50.9 Å². The van der Waals surface area contributed by atoms with E-state index in [1.54, 1.807) is 43.3 Å². The first-order valence-electron chi connectivity index (χ1n) is 14.0. The van der Waals surface area contributed by atoms with Crippen molar-refractivity contribution in [1.29, 1.82) is 0 Å². The van der Waals surface area contributed by atoms with Gasteiger partial charge in [0.05, 0.1) is 17.7 Å². The normalized spacial score (nSPS) is 14.3. The average Bonchev–Trinajstić information content (AvgIpc) is 3.48. The molecule has 0 heterocycles. The van der Waals surface area contributed by atoms with Gasteiger partial charge in [-0.05, 0) is 69.0 Å². The first kappa shape index (κ1) is 30.1. The third kappa shape index (κ3) is 7.08. The van der Waals surface area contributed by atoms with Crippen LogP contribution >= 0.6 is 0 Å². The highest BCUT2D eigenvalue weighted by molar-refractivity contribution is 7.92. The number of ether oxygens (including phenoxy) is 1. The number of amides is 2. The summed E-state index contributed by atoms with van der Waals surface area (Å²) in [6.45, 7) is 5.17. The molecule has 2 amide bonds. The number of anilines is 1. The number of aryl methyl sites for hydroxylation is 2. The molecule has 0 radical (unpaired) electrons. The molecular weight excluding hydrogens is 538 g/mol. The lowest BCUT2D eigenvalue weighted by Crippen LogP contribution is -2.52. The smallest absolute Gasteiger partial charge is 0.264 e. The van der Waals surface area contributed by atoms with Crippen LogP contribution in [0.25, 0.3) is 0 Å². The maximum atomic E-state index is 14.2. The third-order valence-electron chi connectivity index (χ3n) is 7.71. The lowest BCUT2D eigenvalue weighted by molar-refractivity contribution is -0.139. The molecule has 3 aromatic rings. The van der Waals surface area contributed by atoms with E-state index in [0.717, 1.165) is 46.7 Å². The lowest BCUT2D eigenvalue weighted by atomic mass is 10.1. The lowest BCUT2D eigenvalue weighted by Gasteiger charge is -2.33. The van der Waals surface area contributed by atoms with Gasteiger partial charge in [-0.3, -0.25) is 13.9 Å². The molecule has 0 aromatic heterocycles. The van der Waals surface area contributed by atoms with E-state index in [0.29, 0.717) is 5.75 Å². The topological polar surface area (TPSA) is 96.0 Å². The molecule has 1 aliphatic carbocycles. The van der Waals surface area contributed by atoms with Crippen LogP contribution in [-0.2, 0) is 26.2 Å². The van der Waals surface area contributed by atoms with Crippen LogP contribution in [0.15, 0.2) is 77.7 Å². The average molecular weight is 578 g/mol. The second kappa shape index (κ2) is 13.2. The Hall–Kier alpha value is -3.85. The van der Waals surface area contributed by atoms with Crippen LogP contribution < -0.4 is 14.4 Å². The highest BCUT2D eigenvalue weighted by atomic mass is 32.2. The Morgan fingerprint density at radius 1 is 0.951 bits per heavy atom. The molecule has 0 aliphatic heterocycles. The van der Waals surface area contributed by atoms with Crippen molar-refractivity contribution in [3.05, 3.63) is 89.5 Å². The fourth-order valence-corrected chi connectivity index (χ4v) is 6.56. The summed E-state index contributed by atoms with van der Waals surface area (Å²) in [5.41, 5.74) is 3.01. The fourth-order valence-electron chi connectivity index (χ4n) is 5.13. The van der Waals surface area contributed by atoms with Gasteiger partial charge in [0.15, 0.2) is 0 Å². The van der Waals surface area contributed by atoms with Crippen molar-refractivity contribution < 1.29 is 22.7 Å². The Balaban J connectivity index is 1.72. The number of nitrogens with zero attached hydrogens (tertiary/aromatic N) is 2. The summed E-state index contributed by atoms with van der Waals surface area (Å²) in [7, 11) is -2.72. The van der Waals surface area contributed by atoms with Crippen LogP contribution in [0.2, 0.25) is 0 Å². The van der Waals surface area contributed by atoms with Crippen molar-refractivity contribution in [2.24, 2.45) is 0 Å². The van der Waals surface area contributed by atoms with Crippen molar-refractivity contribution in [2.45, 2.75) is 70.0 Å². The summed E-state index contributed by atoms with van der Waals surface area (Å²) in [6.07, 6.45) is 3.97. The quantitative estimate of drug-likeness (QED) is 0.347. The van der Waals surface area contributed by atoms with Gasteiger partial charge in [0, 0.05) is 12.6 Å². The predicted octanol–water partition coefficient (Wildman–Crippen LogP) is 4.98. The molecule has 1 fully saturated rings. The number of hydrogen-bond acceptors (Lipinski definition) is 5. The van der Waals surface area contributed by atoms with E-state index < -0.39 is 28.5 Å². The highest BCUT2D eigenvalue weighted by Crippen LogP contribution is 2.32. The zero-order chi connectivity index (χ0) is 29.6. The monoisotopic (exact) mass is 577 g/mol. The molecule has 1 atom stereocenters. The number of sulfonamides is 1. The Kier molecular flexibility index (Phi) is 9.70. The second-order valence-electron chi connectivity index (χ2n) is 10.6. The number of nitrogens with one attached hydrogen (secondary N) is 1. The van der Waals surface area contributed by atoms with Gasteiger partial charge >= 0.3 is 0 Å². The SMILES string of the molecule is COc1ccccc1N(CC(=O)N(Cc1ccccc1C)C(C)C(=O)NC1CCCC1)S(=O)(=O)c1ccc(C)cc1. The molecule has 1 N–H and O–H groups in total. The zero-order valence-corrected chi connectivity index (χ0v) is 25.0. The molecule has 0 saturated heterocycles. The van der Waals surface area contributed by atoms with Gasteiger partial charge in [-0.25, -0.2) is 8.42 Å². The van der Waals surface area contributed by atoms with E-state index in [2.05, 4.69) is 5.32 Å². The van der Waals surface area contributed by atoms with E-state index in [9.17, 15) is 18.0 Å². The standard InChI is InChI=1S/C32H39N3O5S/c1-23-17-19-28(20-18-23)41(38,39)35(29-15-9-10-16-30(29)40-4)22-31(36)34(21-26-12-6-5-11-24(26)2)25(3)32(37)33-27-13-7-8-14-27/h5-6,9-12,15-20,25,27H,7-8,13-14,21-22H2,1-4H3,(H,33,37). The predicted molar refractivity (Wildman–Crippen MR) is 160 cm³/mol. The minimum absolute atomic E-state index is 0.0549. The molecule has 1 saturated carbocycles. The second-order valence-corrected chi connectivity index (χ2v) is 12.5. The molecule has 4 rings (SSSR count). The summed E-state index contributed by atoms with van der Waals surface area (Å²) >= 11 is 0. The van der Waals surface area contributed by atoms with Crippen LogP contribution in [0.4, 0.5) is 5.69 Å². The van der Waals surface area contributed by atoms with Gasteiger partial charge in [0.2, 0.25) is 11.8 Å². The number of carbonyl (C=O) groups is 2. The van der Waals surface area contributed by atoms with Crippen molar-refractivity contribution in [2.75, 3.05) is 18.0 Å². The molecule has 9 heteroatoms. The van der Waals surface area contributed by atoms with Gasteiger partial charge in [0.25, 0.3) is 10.0 Å². The van der Waals surface area contributed by atoms with Gasteiger partial charge < -0.3 is 15.0 Å². The highest BCUT2D eigenvalue weighted by Gasteiger charge is 2.34. The van der Waals surface area contributed by atoms with E-state index in [4.69, 9.17) is 4.74 Å². The molecule has 8 nitrogen and oxygen atoms in total. The Morgan fingerprint density at radius 2 is 1.59 bits per heavy atom. The fraction of sp³-hybridized carbons (Fsp3) is 0.375. The van der Waals surface area contributed by atoms with Gasteiger partial charge in [-0.1, -0.05) is 66.9 Å². The van der Waals surface area contributed by atoms with Crippen LogP contribution in [0, 0.1) is 13.8 Å². The van der Waals surface area contributed by atoms with Crippen molar-refractivity contribution in [3.8, 4) is 5.75 Å². The Labute approximate surface area is 243 Å². The Morgan fingerprint density at radius 3 is 2.24 bits per heavy atom. The molecule has 3 aromatic carbocycles. The number of para-hydroxylation sites is 2. The maximum absolute atomic E-state index is 14.2. The van der Waals surface area contributed by atoms with E-state index in [1.807, 2.05) is 38.1 Å². The van der Waals surface area contributed by atoms with Crippen LogP contribution in [0.3, 0.4) is 0 Å².